The second kappa shape index (κ2) is 4.08. The van der Waals surface area contributed by atoms with Crippen LogP contribution in [0.1, 0.15) is 41.0 Å². The number of hydrogen-bond acceptors (Lipinski definition) is 1. The normalized spacial score (nSPS) is 17.2. The molecule has 0 saturated heterocycles. The van der Waals surface area contributed by atoms with Crippen molar-refractivity contribution in [3.63, 3.8) is 0 Å². The molecule has 0 fully saturated rings. The SMILES string of the molecule is C=C(C)C(C)(C)C(O)C(C)CC. The van der Waals surface area contributed by atoms with Gasteiger partial charge in [0.05, 0.1) is 6.10 Å². The van der Waals surface area contributed by atoms with Crippen LogP contribution in [0.15, 0.2) is 12.2 Å². The van der Waals surface area contributed by atoms with Crippen LogP contribution in [-0.2, 0) is 0 Å². The number of aliphatic hydroxyl groups excluding tert-OH is 1. The summed E-state index contributed by atoms with van der Waals surface area (Å²) in [5, 5.41) is 9.96. The first-order valence-electron chi connectivity index (χ1n) is 4.68. The fourth-order valence-electron chi connectivity index (χ4n) is 1.19. The predicted molar refractivity (Wildman–Crippen MR) is 54.1 cm³/mol. The average Bonchev–Trinajstić information content (AvgIpc) is 2.01. The van der Waals surface area contributed by atoms with Crippen LogP contribution in [0.3, 0.4) is 0 Å². The van der Waals surface area contributed by atoms with Crippen molar-refractivity contribution in [3.8, 4) is 0 Å². The van der Waals surface area contributed by atoms with Crippen LogP contribution in [-0.4, -0.2) is 11.2 Å². The van der Waals surface area contributed by atoms with Crippen LogP contribution in [0, 0.1) is 11.3 Å². The van der Waals surface area contributed by atoms with Crippen molar-refractivity contribution in [2.24, 2.45) is 11.3 Å². The van der Waals surface area contributed by atoms with E-state index in [4.69, 9.17) is 0 Å². The minimum atomic E-state index is -0.278. The minimum Gasteiger partial charge on any atom is -0.392 e. The topological polar surface area (TPSA) is 20.2 Å². The maximum absolute atomic E-state index is 9.96. The Bertz CT molecular complexity index is 158. The van der Waals surface area contributed by atoms with E-state index < -0.39 is 0 Å². The Hall–Kier alpha value is -0.300. The third kappa shape index (κ3) is 2.34. The van der Waals surface area contributed by atoms with Crippen LogP contribution in [0.5, 0.6) is 0 Å². The van der Waals surface area contributed by atoms with E-state index in [2.05, 4.69) is 20.4 Å². The molecule has 0 saturated carbocycles. The fraction of sp³-hybridized carbons (Fsp3) is 0.818. The summed E-state index contributed by atoms with van der Waals surface area (Å²) in [7, 11) is 0. The van der Waals surface area contributed by atoms with Crippen molar-refractivity contribution in [1.82, 2.24) is 0 Å². The number of hydrogen-bond donors (Lipinski definition) is 1. The first-order valence-corrected chi connectivity index (χ1v) is 4.68. The number of rotatable bonds is 4. The summed E-state index contributed by atoms with van der Waals surface area (Å²) in [6.07, 6.45) is 0.734. The molecule has 0 spiro atoms. The molecule has 0 radical (unpaired) electrons. The van der Waals surface area contributed by atoms with E-state index in [1.54, 1.807) is 0 Å². The molecule has 12 heavy (non-hydrogen) atoms. The summed E-state index contributed by atoms with van der Waals surface area (Å²) in [5.74, 6) is 0.344. The Morgan fingerprint density at radius 3 is 2.17 bits per heavy atom. The van der Waals surface area contributed by atoms with Gasteiger partial charge in [-0.2, -0.15) is 0 Å². The van der Waals surface area contributed by atoms with Gasteiger partial charge in [0.1, 0.15) is 0 Å². The van der Waals surface area contributed by atoms with E-state index >= 15 is 0 Å². The van der Waals surface area contributed by atoms with Crippen molar-refractivity contribution in [2.45, 2.75) is 47.1 Å². The Labute approximate surface area is 76.5 Å². The Balaban J connectivity index is 4.44. The summed E-state index contributed by atoms with van der Waals surface area (Å²) < 4.78 is 0. The summed E-state index contributed by atoms with van der Waals surface area (Å²) >= 11 is 0. The van der Waals surface area contributed by atoms with Crippen molar-refractivity contribution in [3.05, 3.63) is 12.2 Å². The molecule has 0 aliphatic rings. The molecule has 0 aliphatic heterocycles. The zero-order valence-electron chi connectivity index (χ0n) is 9.02. The molecule has 0 amide bonds. The van der Waals surface area contributed by atoms with E-state index in [0.29, 0.717) is 5.92 Å². The molecule has 0 aromatic heterocycles. The molecule has 0 bridgehead atoms. The lowest BCUT2D eigenvalue weighted by Crippen LogP contribution is -2.35. The van der Waals surface area contributed by atoms with Gasteiger partial charge in [0, 0.05) is 5.41 Å². The molecule has 0 aromatic carbocycles. The van der Waals surface area contributed by atoms with Crippen LogP contribution in [0.4, 0.5) is 0 Å². The van der Waals surface area contributed by atoms with Crippen LogP contribution >= 0.6 is 0 Å². The highest BCUT2D eigenvalue weighted by Crippen LogP contribution is 2.33. The second-order valence-electron chi connectivity index (χ2n) is 4.33. The van der Waals surface area contributed by atoms with Gasteiger partial charge >= 0.3 is 0 Å². The minimum absolute atomic E-state index is 0.157. The van der Waals surface area contributed by atoms with Crippen LogP contribution in [0.25, 0.3) is 0 Å². The summed E-state index contributed by atoms with van der Waals surface area (Å²) in [4.78, 5) is 0. The van der Waals surface area contributed by atoms with Gasteiger partial charge in [0.25, 0.3) is 0 Å². The highest BCUT2D eigenvalue weighted by Gasteiger charge is 2.31. The summed E-state index contributed by atoms with van der Waals surface area (Å²) in [6, 6.07) is 0. The molecule has 1 nitrogen and oxygen atoms in total. The van der Waals surface area contributed by atoms with Crippen molar-refractivity contribution >= 4 is 0 Å². The zero-order valence-corrected chi connectivity index (χ0v) is 9.02. The number of aliphatic hydroxyl groups is 1. The van der Waals surface area contributed by atoms with Gasteiger partial charge in [0.15, 0.2) is 0 Å². The smallest absolute Gasteiger partial charge is 0.0653 e. The Morgan fingerprint density at radius 2 is 1.92 bits per heavy atom. The Kier molecular flexibility index (Phi) is 3.98. The zero-order chi connectivity index (χ0) is 9.94. The highest BCUT2D eigenvalue weighted by atomic mass is 16.3. The van der Waals surface area contributed by atoms with Gasteiger partial charge in [-0.25, -0.2) is 0 Å². The second-order valence-corrected chi connectivity index (χ2v) is 4.33. The fourth-order valence-corrected chi connectivity index (χ4v) is 1.19. The predicted octanol–water partition coefficient (Wildman–Crippen LogP) is 3.00. The first-order chi connectivity index (χ1) is 5.34. The van der Waals surface area contributed by atoms with Gasteiger partial charge in [-0.15, -0.1) is 0 Å². The van der Waals surface area contributed by atoms with E-state index in [9.17, 15) is 5.11 Å². The van der Waals surface area contributed by atoms with Crippen molar-refractivity contribution in [2.75, 3.05) is 0 Å². The molecule has 1 heteroatoms. The maximum Gasteiger partial charge on any atom is 0.0653 e. The lowest BCUT2D eigenvalue weighted by Gasteiger charge is -2.34. The molecule has 0 aromatic rings. The summed E-state index contributed by atoms with van der Waals surface area (Å²) in [5.41, 5.74) is 0.894. The lowest BCUT2D eigenvalue weighted by atomic mass is 9.75. The summed E-state index contributed by atoms with van der Waals surface area (Å²) in [6.45, 7) is 14.2. The lowest BCUT2D eigenvalue weighted by molar-refractivity contribution is 0.0270. The average molecular weight is 170 g/mol. The standard InChI is InChI=1S/C11H22O/c1-7-9(4)10(12)11(5,6)8(2)3/h9-10,12H,2,7H2,1,3-6H3. The third-order valence-electron chi connectivity index (χ3n) is 3.02. The van der Waals surface area contributed by atoms with Gasteiger partial charge in [-0.05, 0) is 12.8 Å². The monoisotopic (exact) mass is 170 g/mol. The quantitative estimate of drug-likeness (QED) is 0.643. The van der Waals surface area contributed by atoms with Gasteiger partial charge < -0.3 is 5.11 Å². The molecular weight excluding hydrogens is 148 g/mol. The van der Waals surface area contributed by atoms with Crippen LogP contribution in [0.2, 0.25) is 0 Å². The molecule has 1 N–H and O–H groups in total. The molecule has 0 heterocycles. The van der Waals surface area contributed by atoms with E-state index in [1.165, 1.54) is 0 Å². The largest absolute Gasteiger partial charge is 0.392 e. The van der Waals surface area contributed by atoms with E-state index in [0.717, 1.165) is 12.0 Å². The van der Waals surface area contributed by atoms with Gasteiger partial charge in [-0.1, -0.05) is 46.3 Å². The molecule has 2 atom stereocenters. The van der Waals surface area contributed by atoms with Gasteiger partial charge in [-0.3, -0.25) is 0 Å². The van der Waals surface area contributed by atoms with Crippen LogP contribution < -0.4 is 0 Å². The molecule has 0 rings (SSSR count). The van der Waals surface area contributed by atoms with Crippen molar-refractivity contribution in [1.29, 1.82) is 0 Å². The van der Waals surface area contributed by atoms with E-state index in [1.807, 2.05) is 20.8 Å². The van der Waals surface area contributed by atoms with Gasteiger partial charge in [0.2, 0.25) is 0 Å². The molecule has 72 valence electrons. The third-order valence-corrected chi connectivity index (χ3v) is 3.02. The molecular formula is C11H22O. The van der Waals surface area contributed by atoms with E-state index in [-0.39, 0.29) is 11.5 Å². The van der Waals surface area contributed by atoms with Crippen molar-refractivity contribution < 1.29 is 5.11 Å². The maximum atomic E-state index is 9.96. The highest BCUT2D eigenvalue weighted by molar-refractivity contribution is 5.07. The first kappa shape index (κ1) is 11.7. The Morgan fingerprint density at radius 1 is 1.50 bits per heavy atom. The molecule has 0 aliphatic carbocycles. The molecule has 2 unspecified atom stereocenters.